The Kier molecular flexibility index (Phi) is 4.91. The van der Waals surface area contributed by atoms with Crippen molar-refractivity contribution in [3.63, 3.8) is 0 Å². The Hall–Kier alpha value is -1.10. The van der Waals surface area contributed by atoms with E-state index in [1.165, 1.54) is 0 Å². The lowest BCUT2D eigenvalue weighted by Gasteiger charge is -2.48. The number of piperidine rings is 1. The summed E-state index contributed by atoms with van der Waals surface area (Å²) in [5.41, 5.74) is 0. The molecule has 3 unspecified atom stereocenters. The zero-order valence-electron chi connectivity index (χ0n) is 13.9. The summed E-state index contributed by atoms with van der Waals surface area (Å²) in [7, 11) is 2.09. The normalized spacial score (nSPS) is 32.0. The van der Waals surface area contributed by atoms with Crippen LogP contribution in [-0.4, -0.2) is 59.9 Å². The van der Waals surface area contributed by atoms with Crippen molar-refractivity contribution in [3.05, 3.63) is 0 Å². The number of amides is 2. The summed E-state index contributed by atoms with van der Waals surface area (Å²) < 4.78 is 0. The molecule has 0 bridgehead atoms. The minimum Gasteiger partial charge on any atom is -0.342 e. The van der Waals surface area contributed by atoms with Crippen LogP contribution in [0.2, 0.25) is 0 Å². The summed E-state index contributed by atoms with van der Waals surface area (Å²) >= 11 is 0. The van der Waals surface area contributed by atoms with Crippen LogP contribution < -0.4 is 5.32 Å². The topological polar surface area (TPSA) is 52.7 Å². The second-order valence-electron chi connectivity index (χ2n) is 7.22. The van der Waals surface area contributed by atoms with E-state index >= 15 is 0 Å². The van der Waals surface area contributed by atoms with Crippen LogP contribution in [0.3, 0.4) is 0 Å². The van der Waals surface area contributed by atoms with Crippen molar-refractivity contribution >= 4 is 11.8 Å². The van der Waals surface area contributed by atoms with E-state index in [4.69, 9.17) is 0 Å². The molecule has 1 N–H and O–H groups in total. The molecule has 2 heterocycles. The molecular weight excluding hydrogens is 266 g/mol. The summed E-state index contributed by atoms with van der Waals surface area (Å²) in [5, 5.41) is 2.93. The molecular formula is C16H29N3O2. The predicted molar refractivity (Wildman–Crippen MR) is 82.8 cm³/mol. The van der Waals surface area contributed by atoms with Crippen LogP contribution in [0, 0.1) is 11.8 Å². The molecule has 0 aromatic rings. The van der Waals surface area contributed by atoms with Gasteiger partial charge in [0.05, 0.1) is 0 Å². The zero-order valence-corrected chi connectivity index (χ0v) is 13.9. The second-order valence-corrected chi connectivity index (χ2v) is 7.22. The first-order valence-electron chi connectivity index (χ1n) is 8.14. The van der Waals surface area contributed by atoms with Gasteiger partial charge in [0.15, 0.2) is 0 Å². The van der Waals surface area contributed by atoms with Gasteiger partial charge in [-0.2, -0.15) is 0 Å². The number of piperazine rings is 1. The van der Waals surface area contributed by atoms with Gasteiger partial charge in [-0.05, 0) is 38.3 Å². The van der Waals surface area contributed by atoms with Crippen molar-refractivity contribution in [2.45, 2.75) is 58.7 Å². The monoisotopic (exact) mass is 295 g/mol. The van der Waals surface area contributed by atoms with Crippen molar-refractivity contribution < 1.29 is 9.59 Å². The molecule has 0 aliphatic carbocycles. The third kappa shape index (κ3) is 3.23. The second kappa shape index (κ2) is 6.34. The quantitative estimate of drug-likeness (QED) is 0.848. The average molecular weight is 295 g/mol. The number of carbonyl (C=O) groups excluding carboxylic acids is 2. The van der Waals surface area contributed by atoms with Crippen LogP contribution in [0.15, 0.2) is 0 Å². The highest BCUT2D eigenvalue weighted by Crippen LogP contribution is 2.26. The van der Waals surface area contributed by atoms with E-state index in [1.807, 2.05) is 32.6 Å². The Morgan fingerprint density at radius 2 is 1.81 bits per heavy atom. The third-order valence-electron chi connectivity index (χ3n) is 4.68. The maximum Gasteiger partial charge on any atom is 0.246 e. The molecule has 3 atom stereocenters. The van der Waals surface area contributed by atoms with Gasteiger partial charge >= 0.3 is 0 Å². The van der Waals surface area contributed by atoms with Crippen molar-refractivity contribution in [1.82, 2.24) is 15.1 Å². The first kappa shape index (κ1) is 16.3. The van der Waals surface area contributed by atoms with E-state index in [0.717, 1.165) is 25.9 Å². The molecule has 0 aromatic carbocycles. The molecule has 5 nitrogen and oxygen atoms in total. The third-order valence-corrected chi connectivity index (χ3v) is 4.68. The van der Waals surface area contributed by atoms with Crippen molar-refractivity contribution in [2.24, 2.45) is 11.8 Å². The Morgan fingerprint density at radius 1 is 1.14 bits per heavy atom. The fourth-order valence-electron chi connectivity index (χ4n) is 3.57. The summed E-state index contributed by atoms with van der Waals surface area (Å²) in [6.45, 7) is 9.96. The van der Waals surface area contributed by atoms with Gasteiger partial charge in [-0.1, -0.05) is 27.7 Å². The number of likely N-dealkylation sites (tertiary alicyclic amines) is 1. The molecule has 0 saturated carbocycles. The van der Waals surface area contributed by atoms with Crippen LogP contribution in [0.5, 0.6) is 0 Å². The van der Waals surface area contributed by atoms with Gasteiger partial charge in [-0.25, -0.2) is 0 Å². The van der Waals surface area contributed by atoms with E-state index in [9.17, 15) is 9.59 Å². The lowest BCUT2D eigenvalue weighted by Crippen LogP contribution is -2.69. The zero-order chi connectivity index (χ0) is 15.7. The standard InChI is InChI=1S/C16H29N3O2/c1-10(2)13-16(21)19(12-7-6-8-18(5)9-12)14(11(3)4)15(20)17-13/h10-14H,6-9H2,1-5H3,(H,17,20). The number of rotatable bonds is 3. The lowest BCUT2D eigenvalue weighted by molar-refractivity contribution is -0.156. The number of hydrogen-bond donors (Lipinski definition) is 1. The molecule has 2 aliphatic rings. The lowest BCUT2D eigenvalue weighted by atomic mass is 9.89. The number of carbonyl (C=O) groups is 2. The minimum atomic E-state index is -0.375. The number of nitrogens with zero attached hydrogens (tertiary/aromatic N) is 2. The fraction of sp³-hybridized carbons (Fsp3) is 0.875. The summed E-state index contributed by atoms with van der Waals surface area (Å²) in [4.78, 5) is 29.6. The summed E-state index contributed by atoms with van der Waals surface area (Å²) in [6, 6.07) is -0.542. The Labute approximate surface area is 128 Å². The Balaban J connectivity index is 2.29. The van der Waals surface area contributed by atoms with Gasteiger partial charge in [0, 0.05) is 12.6 Å². The maximum absolute atomic E-state index is 12.9. The van der Waals surface area contributed by atoms with E-state index in [0.29, 0.717) is 0 Å². The molecule has 2 saturated heterocycles. The van der Waals surface area contributed by atoms with Crippen molar-refractivity contribution in [1.29, 1.82) is 0 Å². The molecule has 5 heteroatoms. The molecule has 120 valence electrons. The molecule has 0 spiro atoms. The molecule has 2 aliphatic heterocycles. The Morgan fingerprint density at radius 3 is 2.33 bits per heavy atom. The predicted octanol–water partition coefficient (Wildman–Crippen LogP) is 1.09. The van der Waals surface area contributed by atoms with Gasteiger partial charge < -0.3 is 15.1 Å². The molecule has 0 radical (unpaired) electrons. The highest BCUT2D eigenvalue weighted by molar-refractivity contribution is 5.97. The summed E-state index contributed by atoms with van der Waals surface area (Å²) in [5.74, 6) is 0.368. The van der Waals surface area contributed by atoms with Crippen molar-refractivity contribution in [3.8, 4) is 0 Å². The molecule has 2 rings (SSSR count). The van der Waals surface area contributed by atoms with E-state index in [1.54, 1.807) is 0 Å². The van der Waals surface area contributed by atoms with Gasteiger partial charge in [0.1, 0.15) is 12.1 Å². The number of hydrogen-bond acceptors (Lipinski definition) is 3. The molecule has 21 heavy (non-hydrogen) atoms. The first-order valence-corrected chi connectivity index (χ1v) is 8.14. The molecule has 2 fully saturated rings. The maximum atomic E-state index is 12.9. The highest BCUT2D eigenvalue weighted by atomic mass is 16.2. The smallest absolute Gasteiger partial charge is 0.246 e. The van der Waals surface area contributed by atoms with Gasteiger partial charge in [-0.15, -0.1) is 0 Å². The van der Waals surface area contributed by atoms with Crippen LogP contribution >= 0.6 is 0 Å². The number of nitrogens with one attached hydrogen (secondary N) is 1. The average Bonchev–Trinajstić information content (AvgIpc) is 2.39. The molecule has 2 amide bonds. The fourth-order valence-corrected chi connectivity index (χ4v) is 3.57. The summed E-state index contributed by atoms with van der Waals surface area (Å²) in [6.07, 6.45) is 2.08. The molecule has 0 aromatic heterocycles. The highest BCUT2D eigenvalue weighted by Gasteiger charge is 2.46. The van der Waals surface area contributed by atoms with E-state index < -0.39 is 0 Å². The van der Waals surface area contributed by atoms with Gasteiger partial charge in [0.25, 0.3) is 0 Å². The van der Waals surface area contributed by atoms with Crippen molar-refractivity contribution in [2.75, 3.05) is 20.1 Å². The SMILES string of the molecule is CC(C)C1NC(=O)C(C(C)C)N(C2CCCN(C)C2)C1=O. The van der Waals surface area contributed by atoms with Gasteiger partial charge in [-0.3, -0.25) is 9.59 Å². The first-order chi connectivity index (χ1) is 9.82. The van der Waals surface area contributed by atoms with E-state index in [2.05, 4.69) is 17.3 Å². The van der Waals surface area contributed by atoms with Crippen LogP contribution in [-0.2, 0) is 9.59 Å². The van der Waals surface area contributed by atoms with Crippen LogP contribution in [0.4, 0.5) is 0 Å². The Bertz CT molecular complexity index is 408. The van der Waals surface area contributed by atoms with Crippen LogP contribution in [0.1, 0.15) is 40.5 Å². The largest absolute Gasteiger partial charge is 0.342 e. The van der Waals surface area contributed by atoms with Gasteiger partial charge in [0.2, 0.25) is 11.8 Å². The van der Waals surface area contributed by atoms with Crippen LogP contribution in [0.25, 0.3) is 0 Å². The number of likely N-dealkylation sites (N-methyl/N-ethyl adjacent to an activating group) is 1. The van der Waals surface area contributed by atoms with E-state index in [-0.39, 0.29) is 41.8 Å². The minimum absolute atomic E-state index is 0.0107.